The first kappa shape index (κ1) is 13.5. The molecule has 0 bridgehead atoms. The molecule has 1 aliphatic carbocycles. The summed E-state index contributed by atoms with van der Waals surface area (Å²) in [7, 11) is 0. The van der Waals surface area contributed by atoms with E-state index in [4.69, 9.17) is 0 Å². The van der Waals surface area contributed by atoms with Gasteiger partial charge in [-0.25, -0.2) is 0 Å². The molecule has 1 N–H and O–H groups in total. The topological polar surface area (TPSA) is 42.7 Å². The minimum absolute atomic E-state index is 0.478. The third kappa shape index (κ3) is 3.80. The summed E-state index contributed by atoms with van der Waals surface area (Å²) in [5.41, 5.74) is 0.478. The standard InChI is InChI=1S/C14H26N4/c1-14(2,3)12-4-6-13(7-5-12)15-8-10-18-11-9-16-17-18/h9,11-13,15H,4-8,10H2,1-3H3. The predicted molar refractivity (Wildman–Crippen MR) is 73.2 cm³/mol. The van der Waals surface area contributed by atoms with Gasteiger partial charge in [0, 0.05) is 18.8 Å². The van der Waals surface area contributed by atoms with Crippen molar-refractivity contribution in [1.29, 1.82) is 0 Å². The number of nitrogens with zero attached hydrogens (tertiary/aromatic N) is 3. The van der Waals surface area contributed by atoms with Gasteiger partial charge in [-0.2, -0.15) is 0 Å². The Labute approximate surface area is 110 Å². The zero-order valence-electron chi connectivity index (χ0n) is 11.9. The van der Waals surface area contributed by atoms with Crippen molar-refractivity contribution in [2.45, 2.75) is 59.0 Å². The molecule has 0 spiro atoms. The molecule has 1 aliphatic rings. The fraction of sp³-hybridized carbons (Fsp3) is 0.857. The average Bonchev–Trinajstić information content (AvgIpc) is 2.82. The van der Waals surface area contributed by atoms with Gasteiger partial charge in [-0.3, -0.25) is 4.68 Å². The molecule has 1 aromatic heterocycles. The Morgan fingerprint density at radius 3 is 2.50 bits per heavy atom. The Bertz CT molecular complexity index is 331. The van der Waals surface area contributed by atoms with Crippen LogP contribution in [-0.2, 0) is 6.54 Å². The summed E-state index contributed by atoms with van der Waals surface area (Å²) < 4.78 is 1.88. The minimum Gasteiger partial charge on any atom is -0.312 e. The van der Waals surface area contributed by atoms with E-state index in [-0.39, 0.29) is 0 Å². The average molecular weight is 250 g/mol. The highest BCUT2D eigenvalue weighted by Gasteiger charge is 2.29. The Hall–Kier alpha value is -0.900. The Kier molecular flexibility index (Phi) is 4.38. The fourth-order valence-corrected chi connectivity index (χ4v) is 2.90. The van der Waals surface area contributed by atoms with Crippen LogP contribution >= 0.6 is 0 Å². The molecule has 4 heteroatoms. The maximum Gasteiger partial charge on any atom is 0.0692 e. The summed E-state index contributed by atoms with van der Waals surface area (Å²) in [6.07, 6.45) is 9.01. The molecule has 1 aromatic rings. The molecule has 0 amide bonds. The molecule has 0 unspecified atom stereocenters. The van der Waals surface area contributed by atoms with Gasteiger partial charge in [0.15, 0.2) is 0 Å². The van der Waals surface area contributed by atoms with Gasteiger partial charge in [-0.1, -0.05) is 26.0 Å². The van der Waals surface area contributed by atoms with Crippen LogP contribution in [0.4, 0.5) is 0 Å². The van der Waals surface area contributed by atoms with Crippen molar-refractivity contribution in [3.05, 3.63) is 12.4 Å². The fourth-order valence-electron chi connectivity index (χ4n) is 2.90. The van der Waals surface area contributed by atoms with Crippen LogP contribution in [0.5, 0.6) is 0 Å². The molecule has 0 aromatic carbocycles. The van der Waals surface area contributed by atoms with Crippen LogP contribution in [0.2, 0.25) is 0 Å². The van der Waals surface area contributed by atoms with E-state index < -0.39 is 0 Å². The van der Waals surface area contributed by atoms with Crippen LogP contribution in [-0.4, -0.2) is 27.6 Å². The summed E-state index contributed by atoms with van der Waals surface area (Å²) in [6.45, 7) is 9.02. The quantitative estimate of drug-likeness (QED) is 0.892. The van der Waals surface area contributed by atoms with Gasteiger partial charge in [0.05, 0.1) is 12.7 Å². The second-order valence-corrected chi connectivity index (χ2v) is 6.53. The second-order valence-electron chi connectivity index (χ2n) is 6.53. The number of hydrogen-bond acceptors (Lipinski definition) is 3. The molecule has 102 valence electrons. The van der Waals surface area contributed by atoms with Crippen molar-refractivity contribution in [2.24, 2.45) is 11.3 Å². The third-order valence-electron chi connectivity index (χ3n) is 4.20. The van der Waals surface area contributed by atoms with Crippen LogP contribution in [0.3, 0.4) is 0 Å². The number of rotatable bonds is 4. The Balaban J connectivity index is 1.65. The highest BCUT2D eigenvalue weighted by Crippen LogP contribution is 2.37. The zero-order valence-corrected chi connectivity index (χ0v) is 11.9. The summed E-state index contributed by atoms with van der Waals surface area (Å²) >= 11 is 0. The van der Waals surface area contributed by atoms with Crippen molar-refractivity contribution < 1.29 is 0 Å². The molecular formula is C14H26N4. The molecule has 0 radical (unpaired) electrons. The van der Waals surface area contributed by atoms with E-state index in [1.807, 2.05) is 10.9 Å². The number of nitrogens with one attached hydrogen (secondary N) is 1. The molecular weight excluding hydrogens is 224 g/mol. The van der Waals surface area contributed by atoms with Crippen molar-refractivity contribution in [3.63, 3.8) is 0 Å². The highest BCUT2D eigenvalue weighted by atomic mass is 15.4. The summed E-state index contributed by atoms with van der Waals surface area (Å²) in [6, 6.07) is 0.701. The molecule has 0 saturated heterocycles. The lowest BCUT2D eigenvalue weighted by molar-refractivity contribution is 0.160. The second kappa shape index (κ2) is 5.83. The van der Waals surface area contributed by atoms with Crippen LogP contribution in [0, 0.1) is 11.3 Å². The van der Waals surface area contributed by atoms with E-state index in [9.17, 15) is 0 Å². The maximum atomic E-state index is 3.97. The molecule has 0 aliphatic heterocycles. The van der Waals surface area contributed by atoms with Crippen molar-refractivity contribution in [2.75, 3.05) is 6.54 Å². The largest absolute Gasteiger partial charge is 0.312 e. The van der Waals surface area contributed by atoms with Gasteiger partial charge < -0.3 is 5.32 Å². The lowest BCUT2D eigenvalue weighted by Gasteiger charge is -2.37. The highest BCUT2D eigenvalue weighted by molar-refractivity contribution is 4.83. The summed E-state index contributed by atoms with van der Waals surface area (Å²) in [4.78, 5) is 0. The van der Waals surface area contributed by atoms with Crippen molar-refractivity contribution >= 4 is 0 Å². The molecule has 1 fully saturated rings. The van der Waals surface area contributed by atoms with Crippen LogP contribution in [0.1, 0.15) is 46.5 Å². The first-order chi connectivity index (χ1) is 8.55. The summed E-state index contributed by atoms with van der Waals surface area (Å²) in [5.74, 6) is 0.894. The van der Waals surface area contributed by atoms with Gasteiger partial charge in [0.1, 0.15) is 0 Å². The van der Waals surface area contributed by atoms with E-state index >= 15 is 0 Å². The first-order valence-electron chi connectivity index (χ1n) is 7.13. The van der Waals surface area contributed by atoms with E-state index in [1.54, 1.807) is 6.20 Å². The normalized spacial score (nSPS) is 25.3. The van der Waals surface area contributed by atoms with Gasteiger partial charge in [0.25, 0.3) is 0 Å². The van der Waals surface area contributed by atoms with Crippen molar-refractivity contribution in [1.82, 2.24) is 20.3 Å². The molecule has 1 heterocycles. The van der Waals surface area contributed by atoms with Crippen LogP contribution < -0.4 is 5.32 Å². The molecule has 18 heavy (non-hydrogen) atoms. The maximum absolute atomic E-state index is 3.97. The molecule has 4 nitrogen and oxygen atoms in total. The van der Waals surface area contributed by atoms with E-state index in [0.29, 0.717) is 11.5 Å². The lowest BCUT2D eigenvalue weighted by atomic mass is 9.71. The third-order valence-corrected chi connectivity index (χ3v) is 4.20. The molecule has 2 rings (SSSR count). The van der Waals surface area contributed by atoms with E-state index in [1.165, 1.54) is 25.7 Å². The smallest absolute Gasteiger partial charge is 0.0692 e. The SMILES string of the molecule is CC(C)(C)C1CCC(NCCn2ccnn2)CC1. The summed E-state index contributed by atoms with van der Waals surface area (Å²) in [5, 5.41) is 11.4. The molecule has 1 saturated carbocycles. The number of aromatic nitrogens is 3. The van der Waals surface area contributed by atoms with Gasteiger partial charge in [-0.15, -0.1) is 5.10 Å². The van der Waals surface area contributed by atoms with Gasteiger partial charge >= 0.3 is 0 Å². The van der Waals surface area contributed by atoms with E-state index in [0.717, 1.165) is 19.0 Å². The number of hydrogen-bond donors (Lipinski definition) is 1. The first-order valence-corrected chi connectivity index (χ1v) is 7.13. The predicted octanol–water partition coefficient (Wildman–Crippen LogP) is 2.47. The van der Waals surface area contributed by atoms with Crippen LogP contribution in [0.25, 0.3) is 0 Å². The Morgan fingerprint density at radius 1 is 1.22 bits per heavy atom. The minimum atomic E-state index is 0.478. The van der Waals surface area contributed by atoms with Gasteiger partial charge in [-0.05, 0) is 37.0 Å². The van der Waals surface area contributed by atoms with Crippen molar-refractivity contribution in [3.8, 4) is 0 Å². The van der Waals surface area contributed by atoms with Gasteiger partial charge in [0.2, 0.25) is 0 Å². The van der Waals surface area contributed by atoms with Crippen LogP contribution in [0.15, 0.2) is 12.4 Å². The molecule has 0 atom stereocenters. The zero-order chi connectivity index (χ0) is 13.0. The monoisotopic (exact) mass is 250 g/mol. The lowest BCUT2D eigenvalue weighted by Crippen LogP contribution is -2.37. The van der Waals surface area contributed by atoms with E-state index in [2.05, 4.69) is 36.4 Å². The Morgan fingerprint density at radius 2 is 1.94 bits per heavy atom.